The molecule has 0 aromatic heterocycles. The Hall–Kier alpha value is -1.85. The number of esters is 1. The van der Waals surface area contributed by atoms with Gasteiger partial charge in [-0.25, -0.2) is 4.79 Å². The second-order valence-electron chi connectivity index (χ2n) is 6.38. The summed E-state index contributed by atoms with van der Waals surface area (Å²) in [6.45, 7) is 4.00. The Morgan fingerprint density at radius 3 is 2.68 bits per heavy atom. The molecule has 0 amide bonds. The molecule has 0 spiro atoms. The lowest BCUT2D eigenvalue weighted by Gasteiger charge is -2.16. The van der Waals surface area contributed by atoms with E-state index < -0.39 is 5.97 Å². The minimum Gasteiger partial charge on any atom is -0.487 e. The lowest BCUT2D eigenvalue weighted by Crippen LogP contribution is -2.24. The van der Waals surface area contributed by atoms with Crippen molar-refractivity contribution in [2.24, 2.45) is 0 Å². The Morgan fingerprint density at radius 1 is 1.28 bits per heavy atom. The zero-order valence-electron chi connectivity index (χ0n) is 14.5. The molecule has 1 heterocycles. The predicted octanol–water partition coefficient (Wildman–Crippen LogP) is 5.35. The van der Waals surface area contributed by atoms with E-state index in [0.29, 0.717) is 34.3 Å². The van der Waals surface area contributed by atoms with Crippen molar-refractivity contribution in [2.45, 2.75) is 30.8 Å². The predicted molar refractivity (Wildman–Crippen MR) is 99.5 cm³/mol. The van der Waals surface area contributed by atoms with Gasteiger partial charge < -0.3 is 14.2 Å². The SMILES string of the molecule is COC(=O)c1cc(Oc2ccc(SC)c(Cl)c2)c2c(c1)OC(C)(C)C2. The molecule has 6 heteroatoms. The minimum atomic E-state index is -0.434. The Labute approximate surface area is 156 Å². The van der Waals surface area contributed by atoms with Crippen LogP contribution < -0.4 is 9.47 Å². The van der Waals surface area contributed by atoms with Crippen LogP contribution in [0.1, 0.15) is 29.8 Å². The van der Waals surface area contributed by atoms with Gasteiger partial charge in [-0.3, -0.25) is 0 Å². The van der Waals surface area contributed by atoms with Crippen LogP contribution >= 0.6 is 23.4 Å². The first-order valence-corrected chi connectivity index (χ1v) is 9.39. The number of thioether (sulfide) groups is 1. The molecule has 0 N–H and O–H groups in total. The van der Waals surface area contributed by atoms with Gasteiger partial charge in [0.2, 0.25) is 0 Å². The number of hydrogen-bond donors (Lipinski definition) is 0. The van der Waals surface area contributed by atoms with Crippen LogP contribution in [0.25, 0.3) is 0 Å². The minimum absolute atomic E-state index is 0.352. The van der Waals surface area contributed by atoms with Gasteiger partial charge in [0.25, 0.3) is 0 Å². The Balaban J connectivity index is 2.02. The molecule has 0 bridgehead atoms. The number of methoxy groups -OCH3 is 1. The van der Waals surface area contributed by atoms with Crippen molar-refractivity contribution in [1.29, 1.82) is 0 Å². The highest BCUT2D eigenvalue weighted by Gasteiger charge is 2.34. The second-order valence-corrected chi connectivity index (χ2v) is 7.63. The van der Waals surface area contributed by atoms with Gasteiger partial charge in [0.1, 0.15) is 22.8 Å². The van der Waals surface area contributed by atoms with E-state index in [-0.39, 0.29) is 5.60 Å². The summed E-state index contributed by atoms with van der Waals surface area (Å²) in [6, 6.07) is 8.92. The highest BCUT2D eigenvalue weighted by atomic mass is 35.5. The lowest BCUT2D eigenvalue weighted by atomic mass is 10.00. The zero-order chi connectivity index (χ0) is 18.2. The second kappa shape index (κ2) is 6.81. The summed E-state index contributed by atoms with van der Waals surface area (Å²) in [5.74, 6) is 1.40. The average molecular weight is 379 g/mol. The average Bonchev–Trinajstić information content (AvgIpc) is 2.88. The Kier molecular flexibility index (Phi) is 4.89. The van der Waals surface area contributed by atoms with E-state index in [9.17, 15) is 4.79 Å². The third-order valence-corrected chi connectivity index (χ3v) is 5.15. The highest BCUT2D eigenvalue weighted by Crippen LogP contribution is 2.43. The van der Waals surface area contributed by atoms with Crippen molar-refractivity contribution < 1.29 is 19.0 Å². The van der Waals surface area contributed by atoms with E-state index in [0.717, 1.165) is 10.5 Å². The maximum Gasteiger partial charge on any atom is 0.338 e. The van der Waals surface area contributed by atoms with Crippen LogP contribution in [0.3, 0.4) is 0 Å². The molecule has 4 nitrogen and oxygen atoms in total. The quantitative estimate of drug-likeness (QED) is 0.529. The van der Waals surface area contributed by atoms with Gasteiger partial charge in [-0.2, -0.15) is 0 Å². The molecule has 0 aliphatic carbocycles. The van der Waals surface area contributed by atoms with Gasteiger partial charge in [-0.15, -0.1) is 11.8 Å². The van der Waals surface area contributed by atoms with Crippen molar-refractivity contribution in [2.75, 3.05) is 13.4 Å². The summed E-state index contributed by atoms with van der Waals surface area (Å²) in [5, 5.41) is 0.627. The molecule has 0 atom stereocenters. The summed E-state index contributed by atoms with van der Waals surface area (Å²) in [6.07, 6.45) is 2.66. The molecule has 1 aliphatic heterocycles. The van der Waals surface area contributed by atoms with E-state index in [1.807, 2.05) is 32.2 Å². The number of ether oxygens (including phenoxy) is 3. The molecule has 25 heavy (non-hydrogen) atoms. The molecule has 2 aromatic carbocycles. The van der Waals surface area contributed by atoms with E-state index in [1.165, 1.54) is 7.11 Å². The van der Waals surface area contributed by atoms with E-state index >= 15 is 0 Å². The summed E-state index contributed by atoms with van der Waals surface area (Å²) >= 11 is 7.83. The van der Waals surface area contributed by atoms with Gasteiger partial charge in [0, 0.05) is 22.9 Å². The van der Waals surface area contributed by atoms with Gasteiger partial charge in [-0.05, 0) is 44.4 Å². The van der Waals surface area contributed by atoms with Crippen LogP contribution in [0.4, 0.5) is 0 Å². The van der Waals surface area contributed by atoms with Crippen LogP contribution in [0.15, 0.2) is 35.2 Å². The first-order chi connectivity index (χ1) is 11.8. The molecule has 0 saturated heterocycles. The number of benzene rings is 2. The van der Waals surface area contributed by atoms with E-state index in [1.54, 1.807) is 30.0 Å². The lowest BCUT2D eigenvalue weighted by molar-refractivity contribution is 0.0599. The van der Waals surface area contributed by atoms with Crippen molar-refractivity contribution >= 4 is 29.3 Å². The van der Waals surface area contributed by atoms with Crippen LogP contribution in [0.2, 0.25) is 5.02 Å². The first-order valence-electron chi connectivity index (χ1n) is 7.78. The number of hydrogen-bond acceptors (Lipinski definition) is 5. The molecular weight excluding hydrogens is 360 g/mol. The van der Waals surface area contributed by atoms with Crippen molar-refractivity contribution in [3.8, 4) is 17.2 Å². The summed E-state index contributed by atoms with van der Waals surface area (Å²) < 4.78 is 16.8. The molecule has 0 radical (unpaired) electrons. The summed E-state index contributed by atoms with van der Waals surface area (Å²) in [7, 11) is 1.35. The first kappa shape index (κ1) is 18.0. The van der Waals surface area contributed by atoms with Gasteiger partial charge in [-0.1, -0.05) is 11.6 Å². The number of fused-ring (bicyclic) bond motifs is 1. The normalized spacial score (nSPS) is 14.6. The molecule has 0 fully saturated rings. The number of carbonyl (C=O) groups is 1. The summed E-state index contributed by atoms with van der Waals surface area (Å²) in [5.41, 5.74) is 0.971. The largest absolute Gasteiger partial charge is 0.487 e. The van der Waals surface area contributed by atoms with Crippen molar-refractivity contribution in [3.63, 3.8) is 0 Å². The topological polar surface area (TPSA) is 44.8 Å². The van der Waals surface area contributed by atoms with Crippen LogP contribution in [-0.4, -0.2) is 24.9 Å². The fraction of sp³-hybridized carbons (Fsp3) is 0.316. The number of carbonyl (C=O) groups excluding carboxylic acids is 1. The number of rotatable bonds is 4. The van der Waals surface area contributed by atoms with E-state index in [2.05, 4.69) is 0 Å². The molecule has 2 aromatic rings. The van der Waals surface area contributed by atoms with E-state index in [4.69, 9.17) is 25.8 Å². The van der Waals surface area contributed by atoms with Crippen LogP contribution in [0.5, 0.6) is 17.2 Å². The maximum absolute atomic E-state index is 12.0. The van der Waals surface area contributed by atoms with Crippen LogP contribution in [-0.2, 0) is 11.2 Å². The fourth-order valence-electron chi connectivity index (χ4n) is 2.81. The van der Waals surface area contributed by atoms with Gasteiger partial charge in [0.15, 0.2) is 0 Å². The molecule has 1 aliphatic rings. The Morgan fingerprint density at radius 2 is 2.04 bits per heavy atom. The zero-order valence-corrected chi connectivity index (χ0v) is 16.1. The van der Waals surface area contributed by atoms with Gasteiger partial charge >= 0.3 is 5.97 Å². The summed E-state index contributed by atoms with van der Waals surface area (Å²) in [4.78, 5) is 12.9. The fourth-order valence-corrected chi connectivity index (χ4v) is 3.67. The molecule has 3 rings (SSSR count). The monoisotopic (exact) mass is 378 g/mol. The third kappa shape index (κ3) is 3.72. The number of halogens is 1. The molecule has 0 unspecified atom stereocenters. The standard InChI is InChI=1S/C19H19ClO4S/c1-19(2)10-13-15(7-11(18(21)22-3)8-16(13)24-19)23-12-5-6-17(25-4)14(20)9-12/h5-9H,10H2,1-4H3. The van der Waals surface area contributed by atoms with Crippen LogP contribution in [0, 0.1) is 0 Å². The highest BCUT2D eigenvalue weighted by molar-refractivity contribution is 7.98. The molecular formula is C19H19ClO4S. The van der Waals surface area contributed by atoms with Crippen molar-refractivity contribution in [1.82, 2.24) is 0 Å². The third-order valence-electron chi connectivity index (χ3n) is 3.93. The van der Waals surface area contributed by atoms with Crippen molar-refractivity contribution in [3.05, 3.63) is 46.5 Å². The maximum atomic E-state index is 12.0. The molecule has 0 saturated carbocycles. The van der Waals surface area contributed by atoms with Gasteiger partial charge in [0.05, 0.1) is 17.7 Å². The smallest absolute Gasteiger partial charge is 0.338 e. The molecule has 132 valence electrons. The Bertz CT molecular complexity index is 832.